The molecule has 0 amide bonds. The van der Waals surface area contributed by atoms with E-state index in [1.165, 1.54) is 0 Å². The summed E-state index contributed by atoms with van der Waals surface area (Å²) in [7, 11) is 0. The minimum atomic E-state index is -1.63. The summed E-state index contributed by atoms with van der Waals surface area (Å²) in [6.07, 6.45) is -1.63. The molecule has 3 N–H and O–H groups in total. The summed E-state index contributed by atoms with van der Waals surface area (Å²) in [5.74, 6) is -1.40. The molecule has 0 bridgehead atoms. The van der Waals surface area contributed by atoms with Crippen molar-refractivity contribution in [3.8, 4) is 0 Å². The summed E-state index contributed by atoms with van der Waals surface area (Å²) in [5, 5.41) is 23.7. The van der Waals surface area contributed by atoms with Crippen molar-refractivity contribution in [3.63, 3.8) is 0 Å². The Morgan fingerprint density at radius 3 is 2.00 bits per heavy atom. The Balaban J connectivity index is 0. The quantitative estimate of drug-likeness (QED) is 0.378. The first-order valence-corrected chi connectivity index (χ1v) is 1.70. The van der Waals surface area contributed by atoms with E-state index in [0.29, 0.717) is 0 Å². The summed E-state index contributed by atoms with van der Waals surface area (Å²) in [6, 6.07) is 0. The number of hydrogen-bond donors (Lipinski definition) is 3. The van der Waals surface area contributed by atoms with Crippen LogP contribution in [0, 0.1) is 0 Å². The first-order chi connectivity index (χ1) is 3.18. The molecule has 0 rings (SSSR count). The van der Waals surface area contributed by atoms with Gasteiger partial charge in [-0.3, -0.25) is 0 Å². The molecule has 5 heteroatoms. The van der Waals surface area contributed by atoms with E-state index in [4.69, 9.17) is 15.3 Å². The molecule has 0 aromatic heterocycles. The summed E-state index contributed by atoms with van der Waals surface area (Å²) in [4.78, 5) is 9.52. The first-order valence-electron chi connectivity index (χ1n) is 1.70. The molecular formula is C3H6NaO4. The van der Waals surface area contributed by atoms with Crippen LogP contribution in [0.5, 0.6) is 0 Å². The molecule has 0 aliphatic heterocycles. The second-order valence-electron chi connectivity index (χ2n) is 1.04. The molecule has 1 unspecified atom stereocenters. The van der Waals surface area contributed by atoms with Gasteiger partial charge in [-0.2, -0.15) is 0 Å². The minimum absolute atomic E-state index is 0. The van der Waals surface area contributed by atoms with Gasteiger partial charge in [-0.15, -0.1) is 0 Å². The third kappa shape index (κ3) is 4.55. The number of carboxylic acid groups (broad SMARTS) is 1. The van der Waals surface area contributed by atoms with Crippen molar-refractivity contribution in [2.75, 3.05) is 6.61 Å². The molecule has 0 aliphatic rings. The van der Waals surface area contributed by atoms with Crippen LogP contribution in [0.15, 0.2) is 0 Å². The molecule has 43 valence electrons. The summed E-state index contributed by atoms with van der Waals surface area (Å²) >= 11 is 0. The third-order valence-electron chi connectivity index (χ3n) is 0.458. The van der Waals surface area contributed by atoms with Crippen molar-refractivity contribution in [2.45, 2.75) is 6.10 Å². The maximum atomic E-state index is 9.52. The van der Waals surface area contributed by atoms with E-state index in [0.717, 1.165) is 0 Å². The smallest absolute Gasteiger partial charge is 0.334 e. The van der Waals surface area contributed by atoms with Gasteiger partial charge in [0.2, 0.25) is 0 Å². The average Bonchev–Trinajstić information content (AvgIpc) is 1.65. The number of hydrogen-bond acceptors (Lipinski definition) is 3. The van der Waals surface area contributed by atoms with Crippen LogP contribution in [0.3, 0.4) is 0 Å². The SMILES string of the molecule is O=C(O)C(O)CO.[Na]. The topological polar surface area (TPSA) is 77.8 Å². The van der Waals surface area contributed by atoms with Gasteiger partial charge in [-0.1, -0.05) is 0 Å². The van der Waals surface area contributed by atoms with Gasteiger partial charge in [0.25, 0.3) is 0 Å². The van der Waals surface area contributed by atoms with Crippen molar-refractivity contribution in [2.24, 2.45) is 0 Å². The first kappa shape index (κ1) is 11.2. The number of aliphatic hydroxyl groups excluding tert-OH is 2. The Morgan fingerprint density at radius 2 is 2.00 bits per heavy atom. The monoisotopic (exact) mass is 129 g/mol. The van der Waals surface area contributed by atoms with Gasteiger partial charge in [-0.05, 0) is 0 Å². The van der Waals surface area contributed by atoms with Crippen molar-refractivity contribution < 1.29 is 20.1 Å². The predicted molar refractivity (Wildman–Crippen MR) is 26.5 cm³/mol. The molecule has 0 spiro atoms. The Kier molecular flexibility index (Phi) is 7.75. The zero-order chi connectivity index (χ0) is 5.86. The molecule has 0 saturated heterocycles. The maximum absolute atomic E-state index is 9.52. The fourth-order valence-corrected chi connectivity index (χ4v) is 0.0781. The van der Waals surface area contributed by atoms with Gasteiger partial charge in [0, 0.05) is 29.6 Å². The molecule has 0 aromatic carbocycles. The molecule has 4 nitrogen and oxygen atoms in total. The van der Waals surface area contributed by atoms with Gasteiger partial charge in [0.15, 0.2) is 6.10 Å². The molecule has 0 aliphatic carbocycles. The van der Waals surface area contributed by atoms with Gasteiger partial charge in [-0.25, -0.2) is 4.79 Å². The Labute approximate surface area is 68.4 Å². The van der Waals surface area contributed by atoms with Crippen LogP contribution in [0.2, 0.25) is 0 Å². The van der Waals surface area contributed by atoms with Crippen LogP contribution in [-0.2, 0) is 4.79 Å². The van der Waals surface area contributed by atoms with Crippen molar-refractivity contribution in [1.29, 1.82) is 0 Å². The van der Waals surface area contributed by atoms with Crippen LogP contribution in [0.4, 0.5) is 0 Å². The molecule has 0 saturated carbocycles. The van der Waals surface area contributed by atoms with E-state index < -0.39 is 18.7 Å². The predicted octanol–water partition coefficient (Wildman–Crippen LogP) is -1.96. The fraction of sp³-hybridized carbons (Fsp3) is 0.667. The third-order valence-corrected chi connectivity index (χ3v) is 0.458. The zero-order valence-electron chi connectivity index (χ0n) is 4.53. The number of aliphatic hydroxyl groups is 2. The van der Waals surface area contributed by atoms with Crippen molar-refractivity contribution >= 4 is 35.5 Å². The van der Waals surface area contributed by atoms with Crippen molar-refractivity contribution in [1.82, 2.24) is 0 Å². The molecular weight excluding hydrogens is 123 g/mol. The number of carboxylic acids is 1. The average molecular weight is 129 g/mol. The molecule has 0 fully saturated rings. The van der Waals surface area contributed by atoms with E-state index in [2.05, 4.69) is 0 Å². The van der Waals surface area contributed by atoms with Crippen LogP contribution in [-0.4, -0.2) is 63.6 Å². The maximum Gasteiger partial charge on any atom is 0.334 e. The molecule has 8 heavy (non-hydrogen) atoms. The van der Waals surface area contributed by atoms with Gasteiger partial charge in [0.1, 0.15) is 0 Å². The van der Waals surface area contributed by atoms with E-state index in [1.54, 1.807) is 0 Å². The van der Waals surface area contributed by atoms with E-state index in [-0.39, 0.29) is 29.6 Å². The van der Waals surface area contributed by atoms with Gasteiger partial charge in [0.05, 0.1) is 6.61 Å². The van der Waals surface area contributed by atoms with Crippen LogP contribution in [0.25, 0.3) is 0 Å². The summed E-state index contributed by atoms with van der Waals surface area (Å²) in [6.45, 7) is -0.727. The number of carbonyl (C=O) groups is 1. The van der Waals surface area contributed by atoms with Gasteiger partial charge >= 0.3 is 5.97 Å². The summed E-state index contributed by atoms with van der Waals surface area (Å²) in [5.41, 5.74) is 0. The normalized spacial score (nSPS) is 11.8. The Morgan fingerprint density at radius 1 is 1.62 bits per heavy atom. The fourth-order valence-electron chi connectivity index (χ4n) is 0.0781. The van der Waals surface area contributed by atoms with E-state index in [9.17, 15) is 4.79 Å². The van der Waals surface area contributed by atoms with Crippen LogP contribution in [0.1, 0.15) is 0 Å². The minimum Gasteiger partial charge on any atom is -0.479 e. The Bertz CT molecular complexity index is 73.7. The van der Waals surface area contributed by atoms with E-state index >= 15 is 0 Å². The second kappa shape index (κ2) is 5.53. The van der Waals surface area contributed by atoms with Gasteiger partial charge < -0.3 is 15.3 Å². The summed E-state index contributed by atoms with van der Waals surface area (Å²) < 4.78 is 0. The molecule has 0 heterocycles. The van der Waals surface area contributed by atoms with Crippen molar-refractivity contribution in [3.05, 3.63) is 0 Å². The molecule has 0 aromatic rings. The van der Waals surface area contributed by atoms with E-state index in [1.807, 2.05) is 0 Å². The largest absolute Gasteiger partial charge is 0.479 e. The van der Waals surface area contributed by atoms with Crippen LogP contribution < -0.4 is 0 Å². The Hall–Kier alpha value is 0.390. The molecule has 1 radical (unpaired) electrons. The van der Waals surface area contributed by atoms with Crippen LogP contribution >= 0.6 is 0 Å². The zero-order valence-corrected chi connectivity index (χ0v) is 6.53. The number of rotatable bonds is 2. The second-order valence-corrected chi connectivity index (χ2v) is 1.04. The molecule has 1 atom stereocenters. The number of aliphatic carboxylic acids is 1. The standard InChI is InChI=1S/C3H6O4.Na/c4-1-2(5)3(6)7;/h2,4-5H,1H2,(H,6,7);.